The molecule has 7 nitrogen and oxygen atoms in total. The smallest absolute Gasteiger partial charge is 0.241 e. The number of fused-ring (bicyclic) bond motifs is 1. The summed E-state index contributed by atoms with van der Waals surface area (Å²) in [4.78, 5) is 37.5. The van der Waals surface area contributed by atoms with Gasteiger partial charge in [-0.3, -0.25) is 14.4 Å². The van der Waals surface area contributed by atoms with E-state index in [9.17, 15) is 19.6 Å². The Labute approximate surface area is 138 Å². The largest absolute Gasteiger partial charge is 0.368 e. The second-order valence-corrected chi connectivity index (χ2v) is 7.70. The van der Waals surface area contributed by atoms with E-state index < -0.39 is 17.9 Å². The molecule has 23 heavy (non-hydrogen) atoms. The van der Waals surface area contributed by atoms with Gasteiger partial charge in [-0.15, -0.1) is 11.8 Å². The summed E-state index contributed by atoms with van der Waals surface area (Å²) < 4.78 is 0. The number of rotatable bonds is 4. The minimum absolute atomic E-state index is 0.0299. The molecule has 3 saturated heterocycles. The highest BCUT2D eigenvalue weighted by Gasteiger charge is 2.51. The molecule has 0 aliphatic carbocycles. The zero-order valence-corrected chi connectivity index (χ0v) is 13.6. The van der Waals surface area contributed by atoms with Gasteiger partial charge in [-0.2, -0.15) is 5.26 Å². The molecule has 3 aliphatic heterocycles. The lowest BCUT2D eigenvalue weighted by atomic mass is 9.88. The van der Waals surface area contributed by atoms with E-state index in [1.807, 2.05) is 0 Å². The second-order valence-electron chi connectivity index (χ2n) is 6.34. The number of amides is 3. The molecule has 3 rings (SSSR count). The number of carbonyl (C=O) groups is 3. The van der Waals surface area contributed by atoms with E-state index in [0.29, 0.717) is 25.8 Å². The monoisotopic (exact) mass is 336 g/mol. The molecule has 0 aromatic heterocycles. The minimum atomic E-state index is -0.744. The Morgan fingerprint density at radius 1 is 1.48 bits per heavy atom. The maximum Gasteiger partial charge on any atom is 0.241 e. The SMILES string of the molecule is N#C[C@H](C[C@H]1CCNC1=O)C1SC2CCCC(=O)N2C1C(N)=O. The lowest BCUT2D eigenvalue weighted by molar-refractivity contribution is -0.141. The highest BCUT2D eigenvalue weighted by atomic mass is 32.2. The van der Waals surface area contributed by atoms with Crippen LogP contribution < -0.4 is 11.1 Å². The minimum Gasteiger partial charge on any atom is -0.368 e. The number of carbonyl (C=O) groups excluding carboxylic acids is 3. The fourth-order valence-electron chi connectivity index (χ4n) is 3.79. The molecule has 3 amide bonds. The van der Waals surface area contributed by atoms with E-state index in [1.165, 1.54) is 11.8 Å². The van der Waals surface area contributed by atoms with Gasteiger partial charge in [-0.25, -0.2) is 0 Å². The molecule has 3 aliphatic rings. The Hall–Kier alpha value is -1.75. The first kappa shape index (κ1) is 16.1. The first-order valence-electron chi connectivity index (χ1n) is 7.96. The van der Waals surface area contributed by atoms with Crippen LogP contribution in [0.5, 0.6) is 0 Å². The third-order valence-corrected chi connectivity index (χ3v) is 6.60. The topological polar surface area (TPSA) is 116 Å². The molecular weight excluding hydrogens is 316 g/mol. The van der Waals surface area contributed by atoms with Crippen LogP contribution >= 0.6 is 11.8 Å². The number of primary amides is 1. The number of nitriles is 1. The first-order chi connectivity index (χ1) is 11.0. The van der Waals surface area contributed by atoms with Crippen molar-refractivity contribution < 1.29 is 14.4 Å². The number of hydrogen-bond acceptors (Lipinski definition) is 5. The molecule has 0 aromatic rings. The van der Waals surface area contributed by atoms with E-state index >= 15 is 0 Å². The molecule has 0 saturated carbocycles. The van der Waals surface area contributed by atoms with Gasteiger partial charge < -0.3 is 16.0 Å². The number of thioether (sulfide) groups is 1. The van der Waals surface area contributed by atoms with Gasteiger partial charge in [-0.05, 0) is 25.7 Å². The Morgan fingerprint density at radius 3 is 2.87 bits per heavy atom. The quantitative estimate of drug-likeness (QED) is 0.747. The van der Waals surface area contributed by atoms with Gasteiger partial charge in [0.2, 0.25) is 17.7 Å². The highest BCUT2D eigenvalue weighted by Crippen LogP contribution is 2.45. The van der Waals surface area contributed by atoms with Gasteiger partial charge in [0, 0.05) is 18.9 Å². The van der Waals surface area contributed by atoms with Crippen molar-refractivity contribution in [1.82, 2.24) is 10.2 Å². The Bertz CT molecular complexity index is 576. The van der Waals surface area contributed by atoms with Crippen LogP contribution in [0.3, 0.4) is 0 Å². The summed E-state index contributed by atoms with van der Waals surface area (Å²) in [6.45, 7) is 0.631. The summed E-state index contributed by atoms with van der Waals surface area (Å²) in [5.41, 5.74) is 5.55. The van der Waals surface area contributed by atoms with Gasteiger partial charge in [0.15, 0.2) is 0 Å². The van der Waals surface area contributed by atoms with Crippen LogP contribution in [0, 0.1) is 23.2 Å². The number of piperidine rings is 1. The van der Waals surface area contributed by atoms with E-state index in [0.717, 1.165) is 12.8 Å². The van der Waals surface area contributed by atoms with Gasteiger partial charge in [-0.1, -0.05) is 0 Å². The molecular formula is C15H20N4O3S. The van der Waals surface area contributed by atoms with E-state index in [4.69, 9.17) is 5.73 Å². The number of hydrogen-bond donors (Lipinski definition) is 2. The molecule has 3 fully saturated rings. The van der Waals surface area contributed by atoms with Gasteiger partial charge in [0.1, 0.15) is 6.04 Å². The van der Waals surface area contributed by atoms with Crippen molar-refractivity contribution in [3.8, 4) is 6.07 Å². The standard InChI is InChI=1S/C15H20N4O3S/c16-7-9(6-8-4-5-18-15(8)22)13-12(14(17)21)19-10(20)2-1-3-11(19)23-13/h8-9,11-13H,1-6H2,(H2,17,21)(H,18,22)/t8-,9+,11?,12?,13?/m1/s1. The zero-order chi connectivity index (χ0) is 16.6. The lowest BCUT2D eigenvalue weighted by Crippen LogP contribution is -2.53. The third-order valence-electron chi connectivity index (χ3n) is 4.92. The maximum absolute atomic E-state index is 12.2. The number of nitrogens with one attached hydrogen (secondary N) is 1. The van der Waals surface area contributed by atoms with E-state index in [-0.39, 0.29) is 28.4 Å². The lowest BCUT2D eigenvalue weighted by Gasteiger charge is -2.32. The number of nitrogens with two attached hydrogens (primary N) is 1. The van der Waals surface area contributed by atoms with Crippen LogP contribution in [-0.2, 0) is 14.4 Å². The van der Waals surface area contributed by atoms with E-state index in [2.05, 4.69) is 11.4 Å². The average Bonchev–Trinajstić information content (AvgIpc) is 3.09. The van der Waals surface area contributed by atoms with Gasteiger partial charge >= 0.3 is 0 Å². The van der Waals surface area contributed by atoms with Crippen LogP contribution in [-0.4, -0.2) is 45.8 Å². The molecule has 0 radical (unpaired) electrons. The molecule has 124 valence electrons. The molecule has 5 atom stereocenters. The zero-order valence-electron chi connectivity index (χ0n) is 12.7. The normalized spacial score (nSPS) is 34.7. The molecule has 0 bridgehead atoms. The fourth-order valence-corrected chi connectivity index (χ4v) is 5.61. The molecule has 0 spiro atoms. The molecule has 3 unspecified atom stereocenters. The Balaban J connectivity index is 1.81. The average molecular weight is 336 g/mol. The summed E-state index contributed by atoms with van der Waals surface area (Å²) >= 11 is 1.50. The predicted octanol–water partition coefficient (Wildman–Crippen LogP) is -0.0397. The maximum atomic E-state index is 12.2. The predicted molar refractivity (Wildman–Crippen MR) is 83.7 cm³/mol. The van der Waals surface area contributed by atoms with Crippen LogP contribution in [0.2, 0.25) is 0 Å². The first-order valence-corrected chi connectivity index (χ1v) is 8.90. The summed E-state index contributed by atoms with van der Waals surface area (Å²) in [5.74, 6) is -1.31. The van der Waals surface area contributed by atoms with Crippen molar-refractivity contribution in [3.63, 3.8) is 0 Å². The summed E-state index contributed by atoms with van der Waals surface area (Å²) in [6, 6.07) is 1.51. The van der Waals surface area contributed by atoms with Crippen molar-refractivity contribution in [2.75, 3.05) is 6.54 Å². The van der Waals surface area contributed by atoms with Crippen molar-refractivity contribution in [2.24, 2.45) is 17.6 Å². The Morgan fingerprint density at radius 2 is 2.26 bits per heavy atom. The van der Waals surface area contributed by atoms with E-state index in [1.54, 1.807) is 4.90 Å². The molecule has 3 N–H and O–H groups in total. The highest BCUT2D eigenvalue weighted by molar-refractivity contribution is 8.00. The Kier molecular flexibility index (Phi) is 4.48. The summed E-state index contributed by atoms with van der Waals surface area (Å²) in [7, 11) is 0. The summed E-state index contributed by atoms with van der Waals surface area (Å²) in [5, 5.41) is 11.9. The van der Waals surface area contributed by atoms with Crippen molar-refractivity contribution in [1.29, 1.82) is 5.26 Å². The molecule has 8 heteroatoms. The van der Waals surface area contributed by atoms with Crippen molar-refractivity contribution in [3.05, 3.63) is 0 Å². The molecule has 0 aromatic carbocycles. The summed E-state index contributed by atoms with van der Waals surface area (Å²) in [6.07, 6.45) is 3.17. The van der Waals surface area contributed by atoms with Gasteiger partial charge in [0.05, 0.1) is 22.6 Å². The molecule has 3 heterocycles. The van der Waals surface area contributed by atoms with Crippen LogP contribution in [0.1, 0.15) is 32.1 Å². The fraction of sp³-hybridized carbons (Fsp3) is 0.733. The van der Waals surface area contributed by atoms with Crippen LogP contribution in [0.25, 0.3) is 0 Å². The van der Waals surface area contributed by atoms with Gasteiger partial charge in [0.25, 0.3) is 0 Å². The van der Waals surface area contributed by atoms with Crippen LogP contribution in [0.4, 0.5) is 0 Å². The number of nitrogens with zero attached hydrogens (tertiary/aromatic N) is 2. The van der Waals surface area contributed by atoms with Crippen LogP contribution in [0.15, 0.2) is 0 Å². The second kappa shape index (κ2) is 6.40. The van der Waals surface area contributed by atoms with Crippen molar-refractivity contribution in [2.45, 2.75) is 48.8 Å². The third kappa shape index (κ3) is 2.90. The van der Waals surface area contributed by atoms with Crippen molar-refractivity contribution >= 4 is 29.5 Å².